The van der Waals surface area contributed by atoms with Crippen molar-refractivity contribution in [2.45, 2.75) is 25.9 Å². The van der Waals surface area contributed by atoms with Gasteiger partial charge in [0.25, 0.3) is 5.91 Å². The normalized spacial score (nSPS) is 17.9. The number of benzene rings is 2. The van der Waals surface area contributed by atoms with Crippen LogP contribution in [0.5, 0.6) is 0 Å². The van der Waals surface area contributed by atoms with Crippen molar-refractivity contribution < 1.29 is 22.8 Å². The van der Waals surface area contributed by atoms with Crippen LogP contribution in [0.15, 0.2) is 60.7 Å². The fourth-order valence-electron chi connectivity index (χ4n) is 4.35. The zero-order valence-electron chi connectivity index (χ0n) is 18.1. The first-order valence-electron chi connectivity index (χ1n) is 10.7. The number of carbonyl (C=O) groups is 2. The van der Waals surface area contributed by atoms with E-state index in [9.17, 15) is 22.8 Å². The highest BCUT2D eigenvalue weighted by atomic mass is 19.2. The summed E-state index contributed by atoms with van der Waals surface area (Å²) < 4.78 is 42.8. The van der Waals surface area contributed by atoms with Crippen LogP contribution in [-0.4, -0.2) is 21.7 Å². The Hall–Kier alpha value is -4.01. The predicted molar refractivity (Wildman–Crippen MR) is 118 cm³/mol. The summed E-state index contributed by atoms with van der Waals surface area (Å²) in [5.74, 6) is -3.32. The van der Waals surface area contributed by atoms with Gasteiger partial charge in [0, 0.05) is 36.0 Å². The van der Waals surface area contributed by atoms with E-state index in [4.69, 9.17) is 0 Å². The molecule has 1 unspecified atom stereocenters. The summed E-state index contributed by atoms with van der Waals surface area (Å²) in [4.78, 5) is 35.4. The number of amides is 1. The number of anilines is 1. The van der Waals surface area contributed by atoms with Crippen LogP contribution >= 0.6 is 0 Å². The van der Waals surface area contributed by atoms with E-state index < -0.39 is 35.3 Å². The number of ketones is 1. The fraction of sp³-hybridized carbons (Fsp3) is 0.200. The predicted octanol–water partition coefficient (Wildman–Crippen LogP) is 4.09. The summed E-state index contributed by atoms with van der Waals surface area (Å²) in [6, 6.07) is 7.27. The molecule has 2 aliphatic rings. The average Bonchev–Trinajstić information content (AvgIpc) is 3.56. The topological polar surface area (TPSA) is 75.2 Å². The van der Waals surface area contributed by atoms with E-state index in [0.717, 1.165) is 6.07 Å². The third-order valence-corrected chi connectivity index (χ3v) is 6.17. The Kier molecular flexibility index (Phi) is 5.39. The molecule has 1 aliphatic heterocycles. The molecular formula is C25H19F3N4O2. The third kappa shape index (κ3) is 3.83. The molecule has 0 spiro atoms. The standard InChI is InChI=1S/C25H19F3N4O2/c1-13-22(25(34)31-24(17-10-20(17)33)14-3-2-4-15(26)9-14)16-5-6-19(27)23(28)18(16)12-32(13)21-11-29-7-8-30-21/h2-9,11,17,24H,10,12H2,1H3,(H,31,34)/t17?,24-/m1/s1. The van der Waals surface area contributed by atoms with Crippen molar-refractivity contribution in [3.05, 3.63) is 94.8 Å². The van der Waals surface area contributed by atoms with Gasteiger partial charge in [-0.25, -0.2) is 18.2 Å². The lowest BCUT2D eigenvalue weighted by atomic mass is 9.91. The van der Waals surface area contributed by atoms with E-state index in [1.54, 1.807) is 17.9 Å². The number of nitrogens with one attached hydrogen (secondary N) is 1. The molecule has 1 N–H and O–H groups in total. The molecule has 2 aromatic carbocycles. The van der Waals surface area contributed by atoms with Gasteiger partial charge in [0.1, 0.15) is 11.6 Å². The lowest BCUT2D eigenvalue weighted by Crippen LogP contribution is -2.36. The second-order valence-electron chi connectivity index (χ2n) is 8.28. The number of rotatable bonds is 5. The first-order valence-corrected chi connectivity index (χ1v) is 10.7. The summed E-state index contributed by atoms with van der Waals surface area (Å²) in [6.45, 7) is 1.63. The highest BCUT2D eigenvalue weighted by Crippen LogP contribution is 2.40. The number of nitrogens with zero attached hydrogens (tertiary/aromatic N) is 3. The molecule has 34 heavy (non-hydrogen) atoms. The highest BCUT2D eigenvalue weighted by molar-refractivity contribution is 6.22. The molecule has 9 heteroatoms. The molecule has 1 aromatic heterocycles. The number of halogens is 3. The van der Waals surface area contributed by atoms with Crippen LogP contribution in [0.4, 0.5) is 19.0 Å². The molecule has 172 valence electrons. The summed E-state index contributed by atoms with van der Waals surface area (Å²) in [5, 5.41) is 2.84. The maximum absolute atomic E-state index is 14.8. The smallest absolute Gasteiger partial charge is 0.254 e. The largest absolute Gasteiger partial charge is 0.344 e. The number of hydrogen-bond acceptors (Lipinski definition) is 5. The van der Waals surface area contributed by atoms with Crippen molar-refractivity contribution in [2.24, 2.45) is 5.92 Å². The summed E-state index contributed by atoms with van der Waals surface area (Å²) in [6.07, 6.45) is 4.66. The van der Waals surface area contributed by atoms with E-state index in [1.165, 1.54) is 42.9 Å². The zero-order chi connectivity index (χ0) is 24.0. The molecule has 2 heterocycles. The molecule has 0 bridgehead atoms. The molecule has 0 saturated heterocycles. The van der Waals surface area contributed by atoms with Crippen LogP contribution in [-0.2, 0) is 16.1 Å². The maximum Gasteiger partial charge on any atom is 0.254 e. The van der Waals surface area contributed by atoms with Crippen LogP contribution in [0.2, 0.25) is 0 Å². The number of hydrogen-bond donors (Lipinski definition) is 1. The van der Waals surface area contributed by atoms with Gasteiger partial charge in [0.2, 0.25) is 0 Å². The van der Waals surface area contributed by atoms with E-state index >= 15 is 0 Å². The molecule has 2 atom stereocenters. The van der Waals surface area contributed by atoms with E-state index in [0.29, 0.717) is 17.1 Å². The Balaban J connectivity index is 1.59. The summed E-state index contributed by atoms with van der Waals surface area (Å²) >= 11 is 0. The van der Waals surface area contributed by atoms with Crippen LogP contribution in [0.25, 0.3) is 5.57 Å². The van der Waals surface area contributed by atoms with Crippen molar-refractivity contribution >= 4 is 23.1 Å². The van der Waals surface area contributed by atoms with E-state index in [1.807, 2.05) is 0 Å². The Bertz CT molecular complexity index is 1340. The molecule has 6 nitrogen and oxygen atoms in total. The molecule has 5 rings (SSSR count). The minimum atomic E-state index is -1.05. The summed E-state index contributed by atoms with van der Waals surface area (Å²) in [7, 11) is 0. The van der Waals surface area contributed by atoms with E-state index in [-0.39, 0.29) is 35.4 Å². The molecule has 3 aromatic rings. The number of allylic oxidation sites excluding steroid dienone is 1. The maximum atomic E-state index is 14.8. The van der Waals surface area contributed by atoms with Gasteiger partial charge in [-0.2, -0.15) is 0 Å². The molecule has 1 aliphatic carbocycles. The van der Waals surface area contributed by atoms with Crippen LogP contribution in [0, 0.1) is 23.4 Å². The minimum absolute atomic E-state index is 0.00575. The van der Waals surface area contributed by atoms with Crippen molar-refractivity contribution in [3.63, 3.8) is 0 Å². The van der Waals surface area contributed by atoms with Crippen molar-refractivity contribution in [1.82, 2.24) is 15.3 Å². The molecule has 0 radical (unpaired) electrons. The van der Waals surface area contributed by atoms with Gasteiger partial charge in [-0.3, -0.25) is 14.6 Å². The Morgan fingerprint density at radius 2 is 1.97 bits per heavy atom. The van der Waals surface area contributed by atoms with Gasteiger partial charge in [0.05, 0.1) is 24.4 Å². The van der Waals surface area contributed by atoms with Gasteiger partial charge in [-0.1, -0.05) is 18.2 Å². The number of carbonyl (C=O) groups excluding carboxylic acids is 2. The van der Waals surface area contributed by atoms with Crippen molar-refractivity contribution in [2.75, 3.05) is 4.90 Å². The van der Waals surface area contributed by atoms with Crippen LogP contribution < -0.4 is 10.2 Å². The lowest BCUT2D eigenvalue weighted by molar-refractivity contribution is -0.116. The Morgan fingerprint density at radius 1 is 1.18 bits per heavy atom. The van der Waals surface area contributed by atoms with E-state index in [2.05, 4.69) is 15.3 Å². The van der Waals surface area contributed by atoms with Crippen molar-refractivity contribution in [1.29, 1.82) is 0 Å². The fourth-order valence-corrected chi connectivity index (χ4v) is 4.35. The monoisotopic (exact) mass is 464 g/mol. The minimum Gasteiger partial charge on any atom is -0.344 e. The quantitative estimate of drug-likeness (QED) is 0.616. The molecule has 1 amide bonds. The number of Topliss-reactive ketones (excluding diaryl/α,β-unsaturated/α-hetero) is 1. The first-order chi connectivity index (χ1) is 16.3. The van der Waals surface area contributed by atoms with Gasteiger partial charge in [-0.05, 0) is 36.2 Å². The SMILES string of the molecule is CC1=C(C(=O)N[C@H](c2cccc(F)c2)C2CC2=O)c2ccc(F)c(F)c2CN1c1cnccn1. The van der Waals surface area contributed by atoms with Crippen LogP contribution in [0.3, 0.4) is 0 Å². The van der Waals surface area contributed by atoms with Gasteiger partial charge >= 0.3 is 0 Å². The first kappa shape index (κ1) is 21.8. The number of aromatic nitrogens is 2. The van der Waals surface area contributed by atoms with Gasteiger partial charge < -0.3 is 10.2 Å². The van der Waals surface area contributed by atoms with Gasteiger partial charge in [0.15, 0.2) is 17.5 Å². The zero-order valence-corrected chi connectivity index (χ0v) is 18.1. The molecule has 1 saturated carbocycles. The lowest BCUT2D eigenvalue weighted by Gasteiger charge is -2.33. The highest BCUT2D eigenvalue weighted by Gasteiger charge is 2.44. The second-order valence-corrected chi connectivity index (χ2v) is 8.28. The number of fused-ring (bicyclic) bond motifs is 1. The van der Waals surface area contributed by atoms with Crippen molar-refractivity contribution in [3.8, 4) is 0 Å². The Labute approximate surface area is 193 Å². The molecule has 1 fully saturated rings. The summed E-state index contributed by atoms with van der Waals surface area (Å²) in [5.41, 5.74) is 1.27. The average molecular weight is 464 g/mol. The van der Waals surface area contributed by atoms with Gasteiger partial charge in [-0.15, -0.1) is 0 Å². The van der Waals surface area contributed by atoms with Crippen LogP contribution in [0.1, 0.15) is 36.1 Å². The second kappa shape index (κ2) is 8.40. The third-order valence-electron chi connectivity index (χ3n) is 6.17. The molecular weight excluding hydrogens is 445 g/mol. The Morgan fingerprint density at radius 3 is 2.65 bits per heavy atom.